The van der Waals surface area contributed by atoms with Crippen molar-refractivity contribution < 1.29 is 0 Å². The van der Waals surface area contributed by atoms with Gasteiger partial charge in [0.15, 0.2) is 0 Å². The first-order valence-electron chi connectivity index (χ1n) is 12.7. The molecule has 0 unspecified atom stereocenters. The Morgan fingerprint density at radius 2 is 1.14 bits per heavy atom. The van der Waals surface area contributed by atoms with E-state index in [2.05, 4.69) is 132 Å². The van der Waals surface area contributed by atoms with Crippen LogP contribution in [0.15, 0.2) is 115 Å². The van der Waals surface area contributed by atoms with Gasteiger partial charge >= 0.3 is 0 Å². The van der Waals surface area contributed by atoms with Gasteiger partial charge in [-0.2, -0.15) is 0 Å². The van der Waals surface area contributed by atoms with Gasteiger partial charge in [-0.1, -0.05) is 103 Å². The molecule has 36 heavy (non-hydrogen) atoms. The molecule has 1 aliphatic heterocycles. The van der Waals surface area contributed by atoms with Gasteiger partial charge in [-0.15, -0.1) is 0 Å². The number of benzene rings is 6. The molecule has 2 nitrogen and oxygen atoms in total. The van der Waals surface area contributed by atoms with Crippen molar-refractivity contribution >= 4 is 54.7 Å². The lowest BCUT2D eigenvalue weighted by Crippen LogP contribution is -2.18. The van der Waals surface area contributed by atoms with Crippen molar-refractivity contribution in [3.63, 3.8) is 0 Å². The first-order chi connectivity index (χ1) is 17.8. The van der Waals surface area contributed by atoms with Crippen LogP contribution in [0.2, 0.25) is 0 Å². The molecule has 0 radical (unpaired) electrons. The molecule has 0 atom stereocenters. The Labute approximate surface area is 209 Å². The zero-order valence-corrected chi connectivity index (χ0v) is 20.1. The first-order valence-corrected chi connectivity index (χ1v) is 12.7. The van der Waals surface area contributed by atoms with Crippen LogP contribution in [0.4, 0.5) is 11.5 Å². The van der Waals surface area contributed by atoms with Gasteiger partial charge in [-0.05, 0) is 40.6 Å². The van der Waals surface area contributed by atoms with E-state index < -0.39 is 0 Å². The van der Waals surface area contributed by atoms with Crippen LogP contribution in [-0.2, 0) is 0 Å². The van der Waals surface area contributed by atoms with Crippen LogP contribution in [0.3, 0.4) is 0 Å². The van der Waals surface area contributed by atoms with Crippen LogP contribution < -0.4 is 4.90 Å². The van der Waals surface area contributed by atoms with Gasteiger partial charge in [0.25, 0.3) is 0 Å². The summed E-state index contributed by atoms with van der Waals surface area (Å²) >= 11 is 0. The quantitative estimate of drug-likeness (QED) is 0.237. The molecule has 0 N–H and O–H groups in total. The van der Waals surface area contributed by atoms with E-state index in [1.165, 1.54) is 71.5 Å². The lowest BCUT2D eigenvalue weighted by molar-refractivity contribution is 0.973. The third-order valence-electron chi connectivity index (χ3n) is 7.85. The van der Waals surface area contributed by atoms with Crippen molar-refractivity contribution in [1.29, 1.82) is 0 Å². The fourth-order valence-corrected chi connectivity index (χ4v) is 6.31. The molecule has 0 bridgehead atoms. The second-order valence-electron chi connectivity index (χ2n) is 9.67. The van der Waals surface area contributed by atoms with E-state index >= 15 is 0 Å². The monoisotopic (exact) mass is 460 g/mol. The number of hydrogen-bond acceptors (Lipinski definition) is 1. The van der Waals surface area contributed by atoms with E-state index in [1.54, 1.807) is 0 Å². The zero-order chi connectivity index (χ0) is 23.8. The molecule has 7 aromatic rings. The molecule has 0 spiro atoms. The summed E-state index contributed by atoms with van der Waals surface area (Å²) in [5.41, 5.74) is 6.40. The van der Waals surface area contributed by atoms with Gasteiger partial charge in [0.1, 0.15) is 5.82 Å². The summed E-state index contributed by atoms with van der Waals surface area (Å²) in [6, 6.07) is 42.4. The fourth-order valence-electron chi connectivity index (χ4n) is 6.31. The summed E-state index contributed by atoms with van der Waals surface area (Å²) in [6.07, 6.45) is 0. The smallest absolute Gasteiger partial charge is 0.118 e. The highest BCUT2D eigenvalue weighted by Crippen LogP contribution is 2.50. The van der Waals surface area contributed by atoms with Gasteiger partial charge in [-0.3, -0.25) is 4.57 Å². The average Bonchev–Trinajstić information content (AvgIpc) is 3.27. The van der Waals surface area contributed by atoms with Crippen LogP contribution in [0.1, 0.15) is 6.92 Å². The molecule has 6 aromatic carbocycles. The molecule has 1 aliphatic rings. The van der Waals surface area contributed by atoms with E-state index in [4.69, 9.17) is 0 Å². The van der Waals surface area contributed by atoms with Gasteiger partial charge in [0.2, 0.25) is 0 Å². The number of anilines is 2. The Morgan fingerprint density at radius 3 is 1.92 bits per heavy atom. The molecule has 0 saturated heterocycles. The fraction of sp³-hybridized carbons (Fsp3) is 0.0588. The highest BCUT2D eigenvalue weighted by atomic mass is 15.3. The molecule has 2 heteroatoms. The standard InChI is InChI=1S/C34H24N2/c1-2-35-31-21-25-16-15-23-10-4-7-13-27(23)33(25)36(31)30-20-18-22-9-3-6-12-26(22)32(30)29-19-17-24-11-5-8-14-28(24)34(29)35/h3-21H,2H2,1H3. The van der Waals surface area contributed by atoms with Crippen molar-refractivity contribution in [2.75, 3.05) is 11.4 Å². The number of hydrogen-bond donors (Lipinski definition) is 0. The Kier molecular flexibility index (Phi) is 3.96. The van der Waals surface area contributed by atoms with Crippen molar-refractivity contribution in [2.24, 2.45) is 0 Å². The minimum Gasteiger partial charge on any atom is -0.327 e. The molecule has 0 fully saturated rings. The second-order valence-corrected chi connectivity index (χ2v) is 9.67. The van der Waals surface area contributed by atoms with Crippen LogP contribution in [0, 0.1) is 0 Å². The van der Waals surface area contributed by atoms with Crippen molar-refractivity contribution in [2.45, 2.75) is 6.92 Å². The Balaban J connectivity index is 1.66. The van der Waals surface area contributed by atoms with Gasteiger partial charge in [0, 0.05) is 33.8 Å². The highest BCUT2D eigenvalue weighted by molar-refractivity contribution is 6.15. The Bertz CT molecular complexity index is 1990. The molecule has 8 rings (SSSR count). The van der Waals surface area contributed by atoms with Crippen molar-refractivity contribution in [3.8, 4) is 16.8 Å². The lowest BCUT2D eigenvalue weighted by atomic mass is 9.92. The van der Waals surface area contributed by atoms with E-state index in [0.29, 0.717) is 0 Å². The SMILES string of the molecule is CCN1c2c(ccc3ccccc23)-c2c(ccc3ccccc23)-n2c1cc1ccc3ccccc3c12. The van der Waals surface area contributed by atoms with Gasteiger partial charge < -0.3 is 4.90 Å². The topological polar surface area (TPSA) is 8.17 Å². The van der Waals surface area contributed by atoms with Crippen LogP contribution in [-0.4, -0.2) is 11.1 Å². The molecule has 0 aliphatic carbocycles. The van der Waals surface area contributed by atoms with Gasteiger partial charge in [-0.25, -0.2) is 0 Å². The normalized spacial score (nSPS) is 12.6. The summed E-state index contributed by atoms with van der Waals surface area (Å²) in [5, 5.41) is 8.94. The van der Waals surface area contributed by atoms with Crippen molar-refractivity contribution in [1.82, 2.24) is 4.57 Å². The van der Waals surface area contributed by atoms with Crippen LogP contribution in [0.25, 0.3) is 60.0 Å². The molecular formula is C34H24N2. The van der Waals surface area contributed by atoms with Gasteiger partial charge in [0.05, 0.1) is 16.9 Å². The predicted octanol–water partition coefficient (Wildman–Crippen LogP) is 9.23. The zero-order valence-electron chi connectivity index (χ0n) is 20.1. The molecule has 2 heterocycles. The van der Waals surface area contributed by atoms with E-state index in [1.807, 2.05) is 0 Å². The summed E-state index contributed by atoms with van der Waals surface area (Å²) in [7, 11) is 0. The number of fused-ring (bicyclic) bond motifs is 13. The molecule has 1 aromatic heterocycles. The number of rotatable bonds is 1. The maximum absolute atomic E-state index is 2.52. The lowest BCUT2D eigenvalue weighted by Gasteiger charge is -2.25. The first kappa shape index (κ1) is 19.7. The molecular weight excluding hydrogens is 436 g/mol. The third kappa shape index (κ3) is 2.51. The summed E-state index contributed by atoms with van der Waals surface area (Å²) in [6.45, 7) is 3.14. The predicted molar refractivity (Wildman–Crippen MR) is 154 cm³/mol. The maximum Gasteiger partial charge on any atom is 0.118 e. The van der Waals surface area contributed by atoms with Crippen LogP contribution >= 0.6 is 0 Å². The Hall–Kier alpha value is -4.56. The Morgan fingerprint density at radius 1 is 0.556 bits per heavy atom. The molecule has 0 amide bonds. The summed E-state index contributed by atoms with van der Waals surface area (Å²) < 4.78 is 2.51. The second kappa shape index (κ2) is 7.22. The van der Waals surface area contributed by atoms with E-state index in [9.17, 15) is 0 Å². The minimum atomic E-state index is 0.876. The summed E-state index contributed by atoms with van der Waals surface area (Å²) in [4.78, 5) is 2.52. The highest BCUT2D eigenvalue weighted by Gasteiger charge is 2.29. The third-order valence-corrected chi connectivity index (χ3v) is 7.85. The van der Waals surface area contributed by atoms with E-state index in [-0.39, 0.29) is 0 Å². The molecule has 0 saturated carbocycles. The van der Waals surface area contributed by atoms with E-state index in [0.717, 1.165) is 6.54 Å². The molecule has 170 valence electrons. The van der Waals surface area contributed by atoms with Crippen LogP contribution in [0.5, 0.6) is 0 Å². The minimum absolute atomic E-state index is 0.876. The largest absolute Gasteiger partial charge is 0.327 e. The van der Waals surface area contributed by atoms with Crippen molar-refractivity contribution in [3.05, 3.63) is 115 Å². The average molecular weight is 461 g/mol. The number of aromatic nitrogens is 1. The number of nitrogens with zero attached hydrogens (tertiary/aromatic N) is 2. The maximum atomic E-state index is 2.52. The summed E-state index contributed by atoms with van der Waals surface area (Å²) in [5.74, 6) is 1.22.